The molecule has 3 rings (SSSR count). The number of nitrogens with one attached hydrogen (secondary N) is 1. The first kappa shape index (κ1) is 8.33. The molecule has 3 nitrogen and oxygen atoms in total. The van der Waals surface area contributed by atoms with Gasteiger partial charge in [-0.15, -0.1) is 0 Å². The maximum Gasteiger partial charge on any atom is 0.232 e. The summed E-state index contributed by atoms with van der Waals surface area (Å²) in [5.41, 5.74) is 0.811. The molecule has 0 aliphatic heterocycles. The van der Waals surface area contributed by atoms with E-state index in [0.717, 1.165) is 23.4 Å². The van der Waals surface area contributed by atoms with Gasteiger partial charge in [0.2, 0.25) is 5.88 Å². The highest BCUT2D eigenvalue weighted by Crippen LogP contribution is 2.53. The molecule has 0 aromatic carbocycles. The summed E-state index contributed by atoms with van der Waals surface area (Å²) in [7, 11) is 0. The third-order valence-corrected chi connectivity index (χ3v) is 3.45. The molecule has 2 aliphatic carbocycles. The zero-order valence-electron chi connectivity index (χ0n) is 8.45. The fourth-order valence-electron chi connectivity index (χ4n) is 2.37. The van der Waals surface area contributed by atoms with Crippen LogP contribution in [0.3, 0.4) is 0 Å². The van der Waals surface area contributed by atoms with Crippen molar-refractivity contribution in [2.75, 3.05) is 0 Å². The number of imidazole rings is 1. The largest absolute Gasteiger partial charge is 0.492 e. The van der Waals surface area contributed by atoms with Crippen molar-refractivity contribution in [2.45, 2.75) is 38.5 Å². The van der Waals surface area contributed by atoms with E-state index in [1.807, 2.05) is 6.92 Å². The van der Waals surface area contributed by atoms with Gasteiger partial charge in [0.15, 0.2) is 0 Å². The highest BCUT2D eigenvalue weighted by Gasteiger charge is 2.43. The van der Waals surface area contributed by atoms with Crippen molar-refractivity contribution in [3.05, 3.63) is 11.5 Å². The number of aryl methyl sites for hydroxylation is 1. The molecule has 2 aliphatic rings. The van der Waals surface area contributed by atoms with Crippen LogP contribution in [0.2, 0.25) is 0 Å². The molecular weight excluding hydrogens is 176 g/mol. The first-order valence-corrected chi connectivity index (χ1v) is 5.51. The van der Waals surface area contributed by atoms with Gasteiger partial charge in [0.05, 0.1) is 5.69 Å². The van der Waals surface area contributed by atoms with Crippen molar-refractivity contribution in [3.8, 4) is 5.88 Å². The average Bonchev–Trinajstić information content (AvgIpc) is 2.95. The highest BCUT2D eigenvalue weighted by molar-refractivity contribution is 5.21. The summed E-state index contributed by atoms with van der Waals surface area (Å²) in [5, 5.41) is 9.45. The molecular formula is C11H16N2O. The van der Waals surface area contributed by atoms with E-state index in [4.69, 9.17) is 0 Å². The summed E-state index contributed by atoms with van der Waals surface area (Å²) in [6, 6.07) is 0. The van der Waals surface area contributed by atoms with Gasteiger partial charge in [-0.25, -0.2) is 0 Å². The Morgan fingerprint density at radius 3 is 2.21 bits per heavy atom. The Morgan fingerprint density at radius 2 is 1.86 bits per heavy atom. The number of nitrogens with zero attached hydrogens (tertiary/aromatic N) is 1. The third-order valence-electron chi connectivity index (χ3n) is 3.45. The first-order chi connectivity index (χ1) is 6.75. The molecule has 1 aromatic heterocycles. The first-order valence-electron chi connectivity index (χ1n) is 5.51. The van der Waals surface area contributed by atoms with Crippen LogP contribution < -0.4 is 0 Å². The van der Waals surface area contributed by atoms with Gasteiger partial charge in [0.25, 0.3) is 0 Å². The number of hydrogen-bond donors (Lipinski definition) is 2. The van der Waals surface area contributed by atoms with Crippen LogP contribution in [0.1, 0.15) is 43.1 Å². The van der Waals surface area contributed by atoms with Crippen LogP contribution in [-0.4, -0.2) is 15.1 Å². The fraction of sp³-hybridized carbons (Fsp3) is 0.727. The number of H-pyrrole nitrogens is 1. The van der Waals surface area contributed by atoms with Crippen LogP contribution in [0.15, 0.2) is 0 Å². The van der Waals surface area contributed by atoms with E-state index in [1.54, 1.807) is 0 Å². The van der Waals surface area contributed by atoms with Crippen LogP contribution in [0.4, 0.5) is 0 Å². The lowest BCUT2D eigenvalue weighted by atomic mass is 9.97. The Balaban J connectivity index is 1.89. The maximum absolute atomic E-state index is 9.45. The standard InChI is InChI=1S/C11H16N2O/c1-6-11(14)13-10(12-6)9(7-2-3-7)8-4-5-8/h7-9,14H,2-5H2,1H3,(H,12,13). The molecule has 0 radical (unpaired) electrons. The molecule has 0 bridgehead atoms. The second-order valence-corrected chi connectivity index (χ2v) is 4.77. The molecule has 1 aromatic rings. The summed E-state index contributed by atoms with van der Waals surface area (Å²) >= 11 is 0. The van der Waals surface area contributed by atoms with E-state index in [2.05, 4.69) is 9.97 Å². The number of hydrogen-bond acceptors (Lipinski definition) is 2. The van der Waals surface area contributed by atoms with Crippen LogP contribution in [0, 0.1) is 18.8 Å². The topological polar surface area (TPSA) is 48.9 Å². The summed E-state index contributed by atoms with van der Waals surface area (Å²) in [5.74, 6) is 3.51. The smallest absolute Gasteiger partial charge is 0.232 e. The molecule has 1 heterocycles. The quantitative estimate of drug-likeness (QED) is 0.772. The lowest BCUT2D eigenvalue weighted by Gasteiger charge is -2.11. The van der Waals surface area contributed by atoms with Gasteiger partial charge in [-0.05, 0) is 44.4 Å². The van der Waals surface area contributed by atoms with E-state index < -0.39 is 0 Å². The van der Waals surface area contributed by atoms with Gasteiger partial charge in [-0.2, -0.15) is 4.98 Å². The van der Waals surface area contributed by atoms with E-state index in [-0.39, 0.29) is 5.88 Å². The second-order valence-electron chi connectivity index (χ2n) is 4.77. The second kappa shape index (κ2) is 2.75. The minimum Gasteiger partial charge on any atom is -0.492 e. The van der Waals surface area contributed by atoms with Crippen molar-refractivity contribution in [1.29, 1.82) is 0 Å². The van der Waals surface area contributed by atoms with E-state index in [1.165, 1.54) is 25.7 Å². The molecule has 76 valence electrons. The van der Waals surface area contributed by atoms with Gasteiger partial charge < -0.3 is 10.1 Å². The molecule has 3 heteroatoms. The number of aromatic hydroxyl groups is 1. The fourth-order valence-corrected chi connectivity index (χ4v) is 2.37. The van der Waals surface area contributed by atoms with Crippen molar-refractivity contribution < 1.29 is 5.11 Å². The zero-order chi connectivity index (χ0) is 9.71. The van der Waals surface area contributed by atoms with Crippen molar-refractivity contribution in [1.82, 2.24) is 9.97 Å². The predicted octanol–water partition coefficient (Wildman–Crippen LogP) is 2.33. The van der Waals surface area contributed by atoms with Crippen molar-refractivity contribution in [3.63, 3.8) is 0 Å². The summed E-state index contributed by atoms with van der Waals surface area (Å²) in [6.07, 6.45) is 5.40. The van der Waals surface area contributed by atoms with Crippen molar-refractivity contribution >= 4 is 0 Å². The Hall–Kier alpha value is -0.990. The normalized spacial score (nSPS) is 21.9. The van der Waals surface area contributed by atoms with E-state index in [9.17, 15) is 5.11 Å². The van der Waals surface area contributed by atoms with Gasteiger partial charge in [-0.1, -0.05) is 0 Å². The van der Waals surface area contributed by atoms with Gasteiger partial charge in [-0.3, -0.25) is 0 Å². The molecule has 0 spiro atoms. The van der Waals surface area contributed by atoms with E-state index >= 15 is 0 Å². The maximum atomic E-state index is 9.45. The summed E-state index contributed by atoms with van der Waals surface area (Å²) in [6.45, 7) is 1.88. The molecule has 14 heavy (non-hydrogen) atoms. The zero-order valence-corrected chi connectivity index (χ0v) is 8.45. The minimum absolute atomic E-state index is 0.186. The van der Waals surface area contributed by atoms with Crippen molar-refractivity contribution in [2.24, 2.45) is 11.8 Å². The molecule has 0 atom stereocenters. The lowest BCUT2D eigenvalue weighted by molar-refractivity contribution is 0.446. The van der Waals surface area contributed by atoms with Crippen LogP contribution in [0.25, 0.3) is 0 Å². The SMILES string of the molecule is Cc1[nH]c(C(C2CC2)C2CC2)nc1O. The van der Waals surface area contributed by atoms with Crippen LogP contribution in [0.5, 0.6) is 5.88 Å². The Labute approximate surface area is 83.6 Å². The predicted molar refractivity (Wildman–Crippen MR) is 53.2 cm³/mol. The van der Waals surface area contributed by atoms with Gasteiger partial charge in [0, 0.05) is 5.92 Å². The highest BCUT2D eigenvalue weighted by atomic mass is 16.3. The van der Waals surface area contributed by atoms with Gasteiger partial charge >= 0.3 is 0 Å². The molecule has 0 amide bonds. The van der Waals surface area contributed by atoms with Crippen LogP contribution in [-0.2, 0) is 0 Å². The van der Waals surface area contributed by atoms with E-state index in [0.29, 0.717) is 5.92 Å². The summed E-state index contributed by atoms with van der Waals surface area (Å²) in [4.78, 5) is 7.46. The lowest BCUT2D eigenvalue weighted by Crippen LogP contribution is -2.05. The summed E-state index contributed by atoms with van der Waals surface area (Å²) < 4.78 is 0. The number of aromatic nitrogens is 2. The Kier molecular flexibility index (Phi) is 1.64. The molecule has 0 saturated heterocycles. The Bertz CT molecular complexity index is 319. The molecule has 2 fully saturated rings. The monoisotopic (exact) mass is 192 g/mol. The Morgan fingerprint density at radius 1 is 1.29 bits per heavy atom. The number of aromatic amines is 1. The third kappa shape index (κ3) is 1.31. The molecule has 2 saturated carbocycles. The average molecular weight is 192 g/mol. The number of rotatable bonds is 3. The minimum atomic E-state index is 0.186. The van der Waals surface area contributed by atoms with Gasteiger partial charge in [0.1, 0.15) is 5.82 Å². The molecule has 0 unspecified atom stereocenters. The van der Waals surface area contributed by atoms with Crippen LogP contribution >= 0.6 is 0 Å². The molecule has 2 N–H and O–H groups in total.